The standard InChI is InChI=1S/C26H23N3O4S/c1-16-4-3-5-18(14-16)25(32)28-20-8-12-22(13-9-20)34-23-15-24(31)29(26(23)33)21-10-6-19(7-11-21)27-17(2)30/h3-14,23H,15H2,1-2H3,(H,27,30)(H,28,32). The van der Waals surface area contributed by atoms with E-state index in [-0.39, 0.29) is 30.0 Å². The fourth-order valence-corrected chi connectivity index (χ4v) is 4.69. The van der Waals surface area contributed by atoms with Gasteiger partial charge in [-0.25, -0.2) is 4.90 Å². The number of imide groups is 1. The van der Waals surface area contributed by atoms with Crippen LogP contribution in [0.4, 0.5) is 17.1 Å². The Kier molecular flexibility index (Phi) is 6.79. The van der Waals surface area contributed by atoms with E-state index in [1.807, 2.05) is 37.3 Å². The lowest BCUT2D eigenvalue weighted by molar-refractivity contribution is -0.121. The fraction of sp³-hybridized carbons (Fsp3) is 0.154. The molecule has 0 aliphatic carbocycles. The molecule has 1 unspecified atom stereocenters. The summed E-state index contributed by atoms with van der Waals surface area (Å²) in [5.41, 5.74) is 3.30. The smallest absolute Gasteiger partial charge is 0.255 e. The lowest BCUT2D eigenvalue weighted by Crippen LogP contribution is -2.31. The number of aryl methyl sites for hydroxylation is 1. The second-order valence-electron chi connectivity index (χ2n) is 7.95. The number of nitrogens with one attached hydrogen (secondary N) is 2. The summed E-state index contributed by atoms with van der Waals surface area (Å²) in [6.45, 7) is 3.34. The summed E-state index contributed by atoms with van der Waals surface area (Å²) in [6.07, 6.45) is 0.1000. The van der Waals surface area contributed by atoms with Gasteiger partial charge < -0.3 is 10.6 Å². The van der Waals surface area contributed by atoms with Crippen molar-refractivity contribution in [2.45, 2.75) is 30.4 Å². The van der Waals surface area contributed by atoms with Crippen LogP contribution >= 0.6 is 11.8 Å². The molecule has 7 nitrogen and oxygen atoms in total. The molecule has 0 bridgehead atoms. The number of carbonyl (C=O) groups excluding carboxylic acids is 4. The highest BCUT2D eigenvalue weighted by molar-refractivity contribution is 8.00. The summed E-state index contributed by atoms with van der Waals surface area (Å²) < 4.78 is 0. The fourth-order valence-electron chi connectivity index (χ4n) is 3.64. The minimum Gasteiger partial charge on any atom is -0.326 e. The molecule has 4 amide bonds. The molecule has 1 aliphatic rings. The van der Waals surface area contributed by atoms with Crippen molar-refractivity contribution in [3.05, 3.63) is 83.9 Å². The van der Waals surface area contributed by atoms with Crippen LogP contribution in [0.3, 0.4) is 0 Å². The van der Waals surface area contributed by atoms with Gasteiger partial charge in [-0.3, -0.25) is 19.2 Å². The Bertz CT molecular complexity index is 1260. The average molecular weight is 474 g/mol. The maximum absolute atomic E-state index is 12.9. The second-order valence-corrected chi connectivity index (χ2v) is 9.23. The third kappa shape index (κ3) is 5.35. The number of hydrogen-bond acceptors (Lipinski definition) is 5. The van der Waals surface area contributed by atoms with Crippen molar-refractivity contribution in [2.75, 3.05) is 15.5 Å². The van der Waals surface area contributed by atoms with Gasteiger partial charge in [-0.15, -0.1) is 11.8 Å². The molecular weight excluding hydrogens is 450 g/mol. The van der Waals surface area contributed by atoms with Gasteiger partial charge in [-0.05, 0) is 67.6 Å². The average Bonchev–Trinajstić information content (AvgIpc) is 3.08. The largest absolute Gasteiger partial charge is 0.326 e. The Morgan fingerprint density at radius 3 is 2.21 bits per heavy atom. The molecule has 4 rings (SSSR count). The summed E-state index contributed by atoms with van der Waals surface area (Å²) in [5.74, 6) is -0.935. The van der Waals surface area contributed by atoms with Gasteiger partial charge in [0.05, 0.1) is 10.9 Å². The van der Waals surface area contributed by atoms with Crippen LogP contribution in [0, 0.1) is 6.92 Å². The Balaban J connectivity index is 1.39. The number of anilines is 3. The van der Waals surface area contributed by atoms with Crippen LogP contribution < -0.4 is 15.5 Å². The van der Waals surface area contributed by atoms with E-state index < -0.39 is 5.25 Å². The summed E-state index contributed by atoms with van der Waals surface area (Å²) >= 11 is 1.32. The maximum Gasteiger partial charge on any atom is 0.255 e. The maximum atomic E-state index is 12.9. The highest BCUT2D eigenvalue weighted by Gasteiger charge is 2.40. The first-order chi connectivity index (χ1) is 16.3. The number of carbonyl (C=O) groups is 4. The molecule has 2 N–H and O–H groups in total. The van der Waals surface area contributed by atoms with Crippen molar-refractivity contribution in [1.82, 2.24) is 0 Å². The van der Waals surface area contributed by atoms with Crippen LogP contribution in [0.15, 0.2) is 77.7 Å². The minimum absolute atomic E-state index is 0.1000. The topological polar surface area (TPSA) is 95.6 Å². The van der Waals surface area contributed by atoms with Gasteiger partial charge in [-0.2, -0.15) is 0 Å². The van der Waals surface area contributed by atoms with E-state index in [0.29, 0.717) is 22.6 Å². The summed E-state index contributed by atoms with van der Waals surface area (Å²) in [6, 6.07) is 21.1. The highest BCUT2D eigenvalue weighted by Crippen LogP contribution is 2.34. The molecule has 3 aromatic carbocycles. The lowest BCUT2D eigenvalue weighted by atomic mass is 10.1. The number of benzene rings is 3. The van der Waals surface area contributed by atoms with Gasteiger partial charge in [0.2, 0.25) is 17.7 Å². The molecule has 1 saturated heterocycles. The Morgan fingerprint density at radius 1 is 0.912 bits per heavy atom. The molecule has 0 saturated carbocycles. The van der Waals surface area contributed by atoms with Crippen LogP contribution in [0.5, 0.6) is 0 Å². The lowest BCUT2D eigenvalue weighted by Gasteiger charge is -2.15. The Morgan fingerprint density at radius 2 is 1.56 bits per heavy atom. The number of hydrogen-bond donors (Lipinski definition) is 2. The van der Waals surface area contributed by atoms with Crippen molar-refractivity contribution in [3.63, 3.8) is 0 Å². The Hall–Kier alpha value is -3.91. The number of rotatable bonds is 6. The minimum atomic E-state index is -0.532. The molecule has 0 aromatic heterocycles. The molecule has 34 heavy (non-hydrogen) atoms. The molecule has 0 radical (unpaired) electrons. The van der Waals surface area contributed by atoms with Gasteiger partial charge in [0.25, 0.3) is 5.91 Å². The van der Waals surface area contributed by atoms with E-state index >= 15 is 0 Å². The molecule has 8 heteroatoms. The molecule has 3 aromatic rings. The number of thioether (sulfide) groups is 1. The Labute approximate surface area is 201 Å². The van der Waals surface area contributed by atoms with E-state index in [1.54, 1.807) is 42.5 Å². The molecule has 1 heterocycles. The number of amides is 4. The van der Waals surface area contributed by atoms with Crippen molar-refractivity contribution < 1.29 is 19.2 Å². The number of nitrogens with zero attached hydrogens (tertiary/aromatic N) is 1. The molecule has 172 valence electrons. The van der Waals surface area contributed by atoms with E-state index in [9.17, 15) is 19.2 Å². The molecule has 0 spiro atoms. The highest BCUT2D eigenvalue weighted by atomic mass is 32.2. The van der Waals surface area contributed by atoms with E-state index in [0.717, 1.165) is 10.5 Å². The van der Waals surface area contributed by atoms with E-state index in [1.165, 1.54) is 23.6 Å². The predicted octanol–water partition coefficient (Wildman–Crippen LogP) is 4.63. The van der Waals surface area contributed by atoms with Crippen LogP contribution in [-0.2, 0) is 14.4 Å². The predicted molar refractivity (Wildman–Crippen MR) is 133 cm³/mol. The van der Waals surface area contributed by atoms with E-state index in [2.05, 4.69) is 10.6 Å². The SMILES string of the molecule is CC(=O)Nc1ccc(N2C(=O)CC(Sc3ccc(NC(=O)c4cccc(C)c4)cc3)C2=O)cc1. The molecule has 1 fully saturated rings. The van der Waals surface area contributed by atoms with Crippen molar-refractivity contribution >= 4 is 52.5 Å². The quantitative estimate of drug-likeness (QED) is 0.509. The van der Waals surface area contributed by atoms with Gasteiger partial charge >= 0.3 is 0 Å². The van der Waals surface area contributed by atoms with Crippen LogP contribution in [-0.4, -0.2) is 28.9 Å². The second kappa shape index (κ2) is 9.93. The molecule has 1 atom stereocenters. The first-order valence-electron chi connectivity index (χ1n) is 10.7. The van der Waals surface area contributed by atoms with Crippen LogP contribution in [0.25, 0.3) is 0 Å². The molecule has 1 aliphatic heterocycles. The first kappa shape index (κ1) is 23.3. The zero-order valence-electron chi connectivity index (χ0n) is 18.7. The van der Waals surface area contributed by atoms with Gasteiger partial charge in [0, 0.05) is 35.2 Å². The van der Waals surface area contributed by atoms with Crippen molar-refractivity contribution in [3.8, 4) is 0 Å². The normalized spacial score (nSPS) is 15.4. The third-order valence-electron chi connectivity index (χ3n) is 5.22. The zero-order valence-corrected chi connectivity index (χ0v) is 19.5. The van der Waals surface area contributed by atoms with Crippen molar-refractivity contribution in [2.24, 2.45) is 0 Å². The van der Waals surface area contributed by atoms with Crippen LogP contribution in [0.2, 0.25) is 0 Å². The van der Waals surface area contributed by atoms with Gasteiger partial charge in [0.1, 0.15) is 0 Å². The van der Waals surface area contributed by atoms with Crippen molar-refractivity contribution in [1.29, 1.82) is 0 Å². The summed E-state index contributed by atoms with van der Waals surface area (Å²) in [7, 11) is 0. The summed E-state index contributed by atoms with van der Waals surface area (Å²) in [4.78, 5) is 51.1. The summed E-state index contributed by atoms with van der Waals surface area (Å²) in [5, 5.41) is 4.99. The first-order valence-corrected chi connectivity index (χ1v) is 11.6. The van der Waals surface area contributed by atoms with Gasteiger partial charge in [0.15, 0.2) is 0 Å². The molecular formula is C26H23N3O4S. The van der Waals surface area contributed by atoms with E-state index in [4.69, 9.17) is 0 Å². The monoisotopic (exact) mass is 473 g/mol. The van der Waals surface area contributed by atoms with Gasteiger partial charge in [-0.1, -0.05) is 17.7 Å². The third-order valence-corrected chi connectivity index (χ3v) is 6.42. The van der Waals surface area contributed by atoms with Crippen LogP contribution in [0.1, 0.15) is 29.3 Å². The zero-order chi connectivity index (χ0) is 24.2.